The number of aromatic nitrogens is 4. The van der Waals surface area contributed by atoms with Crippen molar-refractivity contribution >= 4 is 29.1 Å². The number of benzene rings is 3. The van der Waals surface area contributed by atoms with Crippen molar-refractivity contribution in [2.75, 3.05) is 13.7 Å². The van der Waals surface area contributed by atoms with E-state index in [0.717, 1.165) is 99.6 Å². The van der Waals surface area contributed by atoms with Crippen LogP contribution in [-0.2, 0) is 20.9 Å². The van der Waals surface area contributed by atoms with Crippen molar-refractivity contribution in [2.45, 2.75) is 103 Å². The summed E-state index contributed by atoms with van der Waals surface area (Å²) in [6.45, 7) is 10.6. The molecule has 5 aromatic rings. The highest BCUT2D eigenvalue weighted by Gasteiger charge is 2.51. The van der Waals surface area contributed by atoms with Crippen molar-refractivity contribution in [3.63, 3.8) is 0 Å². The molecule has 13 nitrogen and oxygen atoms in total. The largest absolute Gasteiger partial charge is 0.488 e. The Morgan fingerprint density at radius 2 is 1.71 bits per heavy atom. The lowest BCUT2D eigenvalue weighted by Crippen LogP contribution is -2.51. The molecule has 4 aliphatic rings. The number of carbonyl (C=O) groups is 3. The second-order valence-electron chi connectivity index (χ2n) is 17.5. The molecule has 3 aliphatic heterocycles. The summed E-state index contributed by atoms with van der Waals surface area (Å²) in [5.41, 5.74) is 8.45. The molecule has 2 bridgehead atoms. The van der Waals surface area contributed by atoms with Crippen LogP contribution in [0.2, 0.25) is 0 Å². The summed E-state index contributed by atoms with van der Waals surface area (Å²) in [5.74, 6) is 2.47. The van der Waals surface area contributed by atoms with Crippen LogP contribution < -0.4 is 10.1 Å². The lowest BCUT2D eigenvalue weighted by molar-refractivity contribution is -0.135. The minimum absolute atomic E-state index is 0.106. The second-order valence-corrected chi connectivity index (χ2v) is 17.5. The van der Waals surface area contributed by atoms with Gasteiger partial charge in [-0.05, 0) is 117 Å². The number of H-pyrrole nitrogens is 2. The predicted molar refractivity (Wildman–Crippen MR) is 219 cm³/mol. The van der Waals surface area contributed by atoms with Gasteiger partial charge in [-0.1, -0.05) is 38.1 Å². The molecule has 2 aromatic heterocycles. The number of fused-ring (bicyclic) bond motifs is 6. The molecule has 3 N–H and O–H groups in total. The smallest absolute Gasteiger partial charge is 0.411 e. The Kier molecular flexibility index (Phi) is 9.44. The van der Waals surface area contributed by atoms with Crippen LogP contribution in [0, 0.1) is 11.8 Å². The number of ether oxygens (including phenoxy) is 3. The summed E-state index contributed by atoms with van der Waals surface area (Å²) in [7, 11) is 1.30. The molecule has 5 heterocycles. The lowest BCUT2D eigenvalue weighted by Gasteiger charge is -2.35. The normalized spacial score (nSPS) is 21.5. The number of nitrogens with zero attached hydrogens (tertiary/aromatic N) is 4. The maximum atomic E-state index is 13.6. The Morgan fingerprint density at radius 1 is 0.931 bits per heavy atom. The zero-order valence-electron chi connectivity index (χ0n) is 33.9. The molecule has 3 fully saturated rings. The van der Waals surface area contributed by atoms with Crippen molar-refractivity contribution in [1.29, 1.82) is 0 Å². The van der Waals surface area contributed by atoms with Gasteiger partial charge in [-0.2, -0.15) is 0 Å². The van der Waals surface area contributed by atoms with E-state index in [4.69, 9.17) is 24.2 Å². The molecule has 3 aromatic carbocycles. The molecule has 302 valence electrons. The first-order chi connectivity index (χ1) is 27.8. The summed E-state index contributed by atoms with van der Waals surface area (Å²) in [4.78, 5) is 59.5. The number of methoxy groups -OCH3 is 1. The van der Waals surface area contributed by atoms with E-state index in [9.17, 15) is 14.4 Å². The molecule has 58 heavy (non-hydrogen) atoms. The number of aromatic amines is 2. The third-order valence-electron chi connectivity index (χ3n) is 12.2. The molecule has 1 aliphatic carbocycles. The van der Waals surface area contributed by atoms with Crippen LogP contribution in [-0.4, -0.2) is 79.2 Å². The molecule has 3 amide bonds. The number of rotatable bonds is 7. The average Bonchev–Trinajstić information content (AvgIpc) is 4.06. The Balaban J connectivity index is 0.921. The molecule has 9 rings (SSSR count). The maximum absolute atomic E-state index is 13.6. The van der Waals surface area contributed by atoms with Crippen LogP contribution in [0.15, 0.2) is 60.8 Å². The number of nitrogens with one attached hydrogen (secondary N) is 3. The first-order valence-corrected chi connectivity index (χ1v) is 20.5. The molecule has 2 saturated heterocycles. The number of alkyl carbamates (subject to hydrolysis) is 1. The molecule has 0 unspecified atom stereocenters. The number of carbonyl (C=O) groups excluding carboxylic acids is 3. The summed E-state index contributed by atoms with van der Waals surface area (Å²) < 4.78 is 17.0. The van der Waals surface area contributed by atoms with Gasteiger partial charge in [0, 0.05) is 23.7 Å². The fraction of sp³-hybridized carbons (Fsp3) is 0.444. The number of piperidine rings is 1. The van der Waals surface area contributed by atoms with Crippen LogP contribution >= 0.6 is 0 Å². The quantitative estimate of drug-likeness (QED) is 0.148. The van der Waals surface area contributed by atoms with Gasteiger partial charge < -0.3 is 34.4 Å². The molecule has 1 saturated carbocycles. The zero-order chi connectivity index (χ0) is 40.5. The van der Waals surface area contributed by atoms with Crippen molar-refractivity contribution in [1.82, 2.24) is 35.1 Å². The molecule has 13 heteroatoms. The molecular weight excluding hydrogens is 735 g/mol. The van der Waals surface area contributed by atoms with E-state index in [-0.39, 0.29) is 36.0 Å². The van der Waals surface area contributed by atoms with Gasteiger partial charge in [0.25, 0.3) is 0 Å². The van der Waals surface area contributed by atoms with E-state index in [1.54, 1.807) is 0 Å². The summed E-state index contributed by atoms with van der Waals surface area (Å²) in [6, 6.07) is 18.2. The van der Waals surface area contributed by atoms with Gasteiger partial charge in [0.1, 0.15) is 35.6 Å². The number of likely N-dealkylation sites (tertiary alicyclic amines) is 2. The zero-order valence-corrected chi connectivity index (χ0v) is 33.9. The average molecular weight is 786 g/mol. The van der Waals surface area contributed by atoms with E-state index < -0.39 is 17.7 Å². The maximum Gasteiger partial charge on any atom is 0.411 e. The van der Waals surface area contributed by atoms with E-state index in [0.29, 0.717) is 19.1 Å². The Bertz CT molecular complexity index is 2410. The Morgan fingerprint density at radius 3 is 2.50 bits per heavy atom. The van der Waals surface area contributed by atoms with Crippen LogP contribution in [0.25, 0.3) is 44.5 Å². The Labute approximate surface area is 337 Å². The first kappa shape index (κ1) is 37.7. The fourth-order valence-corrected chi connectivity index (χ4v) is 9.45. The Hall–Kier alpha value is -5.85. The topological polar surface area (TPSA) is 155 Å². The minimum Gasteiger partial charge on any atom is -0.488 e. The van der Waals surface area contributed by atoms with Crippen molar-refractivity contribution in [2.24, 2.45) is 11.8 Å². The SMILES string of the molecule is COC(=O)N[C@H](C(=O)N1CCC[C@H]1c1ncc(-c2ccc3c(c2)OCc2cc(-c4ccc5nc([C@@H]6[C@H]7CC[C@H](C7)N6C(=O)OC(C)(C)C)[nH]c5c4)ccc2-3)[nH]1)C(C)C. The van der Waals surface area contributed by atoms with Crippen LogP contribution in [0.3, 0.4) is 0 Å². The summed E-state index contributed by atoms with van der Waals surface area (Å²) >= 11 is 0. The van der Waals surface area contributed by atoms with E-state index in [2.05, 4.69) is 63.8 Å². The van der Waals surface area contributed by atoms with Crippen LogP contribution in [0.4, 0.5) is 9.59 Å². The second kappa shape index (κ2) is 14.5. The summed E-state index contributed by atoms with van der Waals surface area (Å²) in [6.07, 6.45) is 5.63. The molecular formula is C45H51N7O6. The lowest BCUT2D eigenvalue weighted by atomic mass is 9.92. The van der Waals surface area contributed by atoms with E-state index in [1.165, 1.54) is 7.11 Å². The fourth-order valence-electron chi connectivity index (χ4n) is 9.45. The molecule has 5 atom stereocenters. The van der Waals surface area contributed by atoms with Gasteiger partial charge in [0.05, 0.1) is 42.1 Å². The highest BCUT2D eigenvalue weighted by atomic mass is 16.6. The summed E-state index contributed by atoms with van der Waals surface area (Å²) in [5, 5.41) is 2.71. The van der Waals surface area contributed by atoms with Gasteiger partial charge in [-0.15, -0.1) is 0 Å². The van der Waals surface area contributed by atoms with Gasteiger partial charge in [0.15, 0.2) is 0 Å². The van der Waals surface area contributed by atoms with E-state index >= 15 is 0 Å². The van der Waals surface area contributed by atoms with Gasteiger partial charge in [0.2, 0.25) is 5.91 Å². The number of hydrogen-bond donors (Lipinski definition) is 3. The minimum atomic E-state index is -0.691. The van der Waals surface area contributed by atoms with Crippen molar-refractivity contribution in [3.05, 3.63) is 78.0 Å². The predicted octanol–water partition coefficient (Wildman–Crippen LogP) is 8.68. The van der Waals surface area contributed by atoms with E-state index in [1.807, 2.05) is 56.7 Å². The highest BCUT2D eigenvalue weighted by Crippen LogP contribution is 2.50. The standard InChI is InChI=1S/C45H51N7O6/c1-24(2)38(50-43(54)56-6)42(53)51-17-7-8-36(51)40-46-22-35(49-40)27-11-15-32-31-14-10-25(18-29(31)23-57-37(32)21-27)26-12-16-33-34(20-26)48-41(47-33)39-28-9-13-30(19-28)52(39)44(55)58-45(3,4)5/h10-12,14-16,18,20-22,24,28,30,36,38-39H,7-9,13,17,19,23H2,1-6H3,(H,46,49)(H,47,48)(H,50,54)/t28-,30+,36-,38-,39-/m0/s1. The number of hydrogen-bond acceptors (Lipinski definition) is 8. The number of imidazole rings is 2. The van der Waals surface area contributed by atoms with Crippen LogP contribution in [0.5, 0.6) is 5.75 Å². The van der Waals surface area contributed by atoms with Gasteiger partial charge in [-0.25, -0.2) is 19.6 Å². The molecule has 0 spiro atoms. The number of amides is 3. The van der Waals surface area contributed by atoms with Crippen LogP contribution in [0.1, 0.15) is 96.0 Å². The third-order valence-corrected chi connectivity index (χ3v) is 12.2. The van der Waals surface area contributed by atoms with Gasteiger partial charge in [-0.3, -0.25) is 9.69 Å². The molecule has 0 radical (unpaired) electrons. The highest BCUT2D eigenvalue weighted by molar-refractivity contribution is 5.87. The third kappa shape index (κ3) is 6.83. The monoisotopic (exact) mass is 785 g/mol. The van der Waals surface area contributed by atoms with Crippen molar-refractivity contribution < 1.29 is 28.6 Å². The van der Waals surface area contributed by atoms with Gasteiger partial charge >= 0.3 is 12.2 Å². The van der Waals surface area contributed by atoms with Crippen molar-refractivity contribution in [3.8, 4) is 39.3 Å². The first-order valence-electron chi connectivity index (χ1n) is 20.5.